The molecular formula is C26H29ClN4O4S. The van der Waals surface area contributed by atoms with E-state index < -0.39 is 15.9 Å². The number of carbonyl (C=O) groups excluding carboxylic acids is 1. The maximum atomic E-state index is 13.7. The van der Waals surface area contributed by atoms with Crippen LogP contribution in [-0.2, 0) is 14.8 Å². The molecule has 3 aromatic rings. The summed E-state index contributed by atoms with van der Waals surface area (Å²) < 4.78 is 34.1. The topological polar surface area (TPSA) is 105 Å². The van der Waals surface area contributed by atoms with Gasteiger partial charge in [-0.15, -0.1) is 0 Å². The van der Waals surface area contributed by atoms with Gasteiger partial charge in [0.2, 0.25) is 15.9 Å². The van der Waals surface area contributed by atoms with Gasteiger partial charge < -0.3 is 9.84 Å². The molecule has 2 aromatic heterocycles. The molecule has 0 spiro atoms. The third kappa shape index (κ3) is 5.53. The van der Waals surface area contributed by atoms with Gasteiger partial charge in [0.05, 0.1) is 10.9 Å². The van der Waals surface area contributed by atoms with E-state index in [0.29, 0.717) is 30.2 Å². The Hall–Kier alpha value is -3.01. The molecule has 0 saturated carbocycles. The first kappa shape index (κ1) is 26.1. The maximum Gasteiger partial charge on any atom is 0.248 e. The van der Waals surface area contributed by atoms with Gasteiger partial charge in [-0.2, -0.15) is 4.31 Å². The van der Waals surface area contributed by atoms with E-state index in [2.05, 4.69) is 27.6 Å². The van der Waals surface area contributed by atoms with Crippen molar-refractivity contribution >= 4 is 45.5 Å². The summed E-state index contributed by atoms with van der Waals surface area (Å²) >= 11 is 5.85. The van der Waals surface area contributed by atoms with E-state index >= 15 is 0 Å². The molecule has 1 aliphatic rings. The van der Waals surface area contributed by atoms with E-state index in [1.807, 2.05) is 26.8 Å². The summed E-state index contributed by atoms with van der Waals surface area (Å²) in [5.41, 5.74) is 4.62. The number of amides is 1. The highest BCUT2D eigenvalue weighted by Gasteiger charge is 2.37. The zero-order valence-electron chi connectivity index (χ0n) is 20.7. The average molecular weight is 529 g/mol. The van der Waals surface area contributed by atoms with Crippen molar-refractivity contribution in [3.8, 4) is 0 Å². The minimum atomic E-state index is -3.94. The Bertz CT molecular complexity index is 1390. The number of nitrogens with one attached hydrogen (secondary N) is 1. The van der Waals surface area contributed by atoms with Gasteiger partial charge >= 0.3 is 0 Å². The summed E-state index contributed by atoms with van der Waals surface area (Å²) in [5.74, 6) is -0.252. The largest absolute Gasteiger partial charge is 0.355 e. The molecular weight excluding hydrogens is 500 g/mol. The predicted octanol–water partition coefficient (Wildman–Crippen LogP) is 5.17. The highest BCUT2D eigenvalue weighted by atomic mass is 35.5. The second-order valence-electron chi connectivity index (χ2n) is 9.16. The normalized spacial score (nSPS) is 17.0. The number of sulfonamides is 1. The van der Waals surface area contributed by atoms with Gasteiger partial charge in [0.1, 0.15) is 11.5 Å². The van der Waals surface area contributed by atoms with Crippen molar-refractivity contribution in [2.24, 2.45) is 5.92 Å². The molecule has 8 nitrogen and oxygen atoms in total. The molecule has 0 bridgehead atoms. The molecule has 190 valence electrons. The Morgan fingerprint density at radius 1 is 1.17 bits per heavy atom. The number of pyridine rings is 1. The van der Waals surface area contributed by atoms with Gasteiger partial charge in [0, 0.05) is 19.3 Å². The van der Waals surface area contributed by atoms with Crippen LogP contribution >= 0.6 is 11.6 Å². The fourth-order valence-corrected chi connectivity index (χ4v) is 6.48. The lowest BCUT2D eigenvalue weighted by atomic mass is 9.99. The molecule has 0 aliphatic carbocycles. The molecule has 1 aliphatic heterocycles. The quantitative estimate of drug-likeness (QED) is 0.473. The van der Waals surface area contributed by atoms with Crippen LogP contribution in [0.25, 0.3) is 12.2 Å². The second-order valence-corrected chi connectivity index (χ2v) is 11.5. The van der Waals surface area contributed by atoms with E-state index in [4.69, 9.17) is 16.1 Å². The van der Waals surface area contributed by atoms with Crippen molar-refractivity contribution in [1.82, 2.24) is 14.4 Å². The van der Waals surface area contributed by atoms with Crippen LogP contribution in [-0.4, -0.2) is 41.9 Å². The predicted molar refractivity (Wildman–Crippen MR) is 140 cm³/mol. The highest BCUT2D eigenvalue weighted by molar-refractivity contribution is 7.89. The Morgan fingerprint density at radius 3 is 2.56 bits per heavy atom. The van der Waals surface area contributed by atoms with Crippen LogP contribution in [0, 0.1) is 33.6 Å². The molecule has 1 fully saturated rings. The second kappa shape index (κ2) is 10.5. The zero-order chi connectivity index (χ0) is 26.0. The lowest BCUT2D eigenvalue weighted by Crippen LogP contribution is -2.44. The third-order valence-corrected chi connectivity index (χ3v) is 8.55. The summed E-state index contributed by atoms with van der Waals surface area (Å²) in [4.78, 5) is 17.0. The Morgan fingerprint density at radius 2 is 1.89 bits per heavy atom. The summed E-state index contributed by atoms with van der Waals surface area (Å²) in [6.45, 7) is 8.05. The molecule has 1 aromatic carbocycles. The first-order valence-corrected chi connectivity index (χ1v) is 13.5. The number of carbonyl (C=O) groups is 1. The first-order chi connectivity index (χ1) is 17.1. The zero-order valence-corrected chi connectivity index (χ0v) is 22.3. The molecule has 1 amide bonds. The Labute approximate surface area is 216 Å². The number of anilines is 1. The monoisotopic (exact) mass is 528 g/mol. The van der Waals surface area contributed by atoms with Gasteiger partial charge in [0.25, 0.3) is 0 Å². The lowest BCUT2D eigenvalue weighted by Gasteiger charge is -2.31. The molecule has 0 radical (unpaired) electrons. The maximum absolute atomic E-state index is 13.7. The number of hydrogen-bond donors (Lipinski definition) is 1. The molecule has 1 unspecified atom stereocenters. The van der Waals surface area contributed by atoms with Gasteiger partial charge in [-0.1, -0.05) is 40.5 Å². The summed E-state index contributed by atoms with van der Waals surface area (Å²) in [7, 11) is -3.94. The van der Waals surface area contributed by atoms with Crippen molar-refractivity contribution in [2.45, 2.75) is 45.4 Å². The molecule has 1 atom stereocenters. The molecule has 1 N–H and O–H groups in total. The average Bonchev–Trinajstić information content (AvgIpc) is 3.21. The number of piperidine rings is 1. The summed E-state index contributed by atoms with van der Waals surface area (Å²) in [5, 5.41) is 7.15. The van der Waals surface area contributed by atoms with E-state index in [0.717, 1.165) is 22.3 Å². The molecule has 10 heteroatoms. The number of hydrogen-bond acceptors (Lipinski definition) is 6. The summed E-state index contributed by atoms with van der Waals surface area (Å²) in [6.07, 6.45) is 6.08. The molecule has 36 heavy (non-hydrogen) atoms. The van der Waals surface area contributed by atoms with Gasteiger partial charge in [-0.3, -0.25) is 4.79 Å². The molecule has 1 saturated heterocycles. The Kier molecular flexibility index (Phi) is 7.63. The fourth-order valence-electron chi connectivity index (χ4n) is 4.59. The SMILES string of the molecule is Cc1cc(C)c(/C=C/c2onc(C)c2S(=O)(=O)N2CCCC(C(=O)Nc3ccc(Cl)cn3)C2)c(C)c1. The van der Waals surface area contributed by atoms with Crippen molar-refractivity contribution in [3.05, 3.63) is 69.2 Å². The third-order valence-electron chi connectivity index (χ3n) is 6.30. The van der Waals surface area contributed by atoms with Gasteiger partial charge in [-0.05, 0) is 75.4 Å². The molecule has 4 rings (SSSR count). The highest BCUT2D eigenvalue weighted by Crippen LogP contribution is 2.30. The van der Waals surface area contributed by atoms with Crippen LogP contribution in [0.2, 0.25) is 5.02 Å². The van der Waals surface area contributed by atoms with Crippen molar-refractivity contribution in [3.63, 3.8) is 0 Å². The van der Waals surface area contributed by atoms with E-state index in [1.54, 1.807) is 25.1 Å². The van der Waals surface area contributed by atoms with E-state index in [9.17, 15) is 13.2 Å². The minimum Gasteiger partial charge on any atom is -0.355 e. The number of rotatable bonds is 6. The summed E-state index contributed by atoms with van der Waals surface area (Å²) in [6, 6.07) is 7.39. The lowest BCUT2D eigenvalue weighted by molar-refractivity contribution is -0.120. The number of nitrogens with zero attached hydrogens (tertiary/aromatic N) is 3. The van der Waals surface area contributed by atoms with Crippen molar-refractivity contribution < 1.29 is 17.7 Å². The number of halogens is 1. The van der Waals surface area contributed by atoms with Crippen molar-refractivity contribution in [1.29, 1.82) is 0 Å². The van der Waals surface area contributed by atoms with E-state index in [1.165, 1.54) is 10.5 Å². The van der Waals surface area contributed by atoms with Crippen LogP contribution < -0.4 is 5.32 Å². The van der Waals surface area contributed by atoms with Crippen LogP contribution in [0.3, 0.4) is 0 Å². The number of aromatic nitrogens is 2. The smallest absolute Gasteiger partial charge is 0.248 e. The van der Waals surface area contributed by atoms with Crippen LogP contribution in [0.15, 0.2) is 39.9 Å². The first-order valence-electron chi connectivity index (χ1n) is 11.7. The van der Waals surface area contributed by atoms with Crippen LogP contribution in [0.4, 0.5) is 5.82 Å². The van der Waals surface area contributed by atoms with Crippen LogP contribution in [0.1, 0.15) is 46.5 Å². The fraction of sp³-hybridized carbons (Fsp3) is 0.346. The van der Waals surface area contributed by atoms with Gasteiger partial charge in [0.15, 0.2) is 10.7 Å². The van der Waals surface area contributed by atoms with Crippen molar-refractivity contribution in [2.75, 3.05) is 18.4 Å². The van der Waals surface area contributed by atoms with E-state index in [-0.39, 0.29) is 28.8 Å². The minimum absolute atomic E-state index is 0.0293. The van der Waals surface area contributed by atoms with Crippen LogP contribution in [0.5, 0.6) is 0 Å². The standard InChI is InChI=1S/C26H29ClN4O4S/c1-16-12-17(2)22(18(3)13-16)8-9-23-25(19(4)30-35-23)36(33,34)31-11-5-6-20(15-31)26(32)29-24-10-7-21(27)14-28-24/h7-10,12-14,20H,5-6,11,15H2,1-4H3,(H,28,29,32)/b9-8+. The Balaban J connectivity index is 1.56. The number of aryl methyl sites for hydroxylation is 4. The number of benzene rings is 1. The van der Waals surface area contributed by atoms with Gasteiger partial charge in [-0.25, -0.2) is 13.4 Å². The molecule has 3 heterocycles.